The molecule has 0 saturated carbocycles. The summed E-state index contributed by atoms with van der Waals surface area (Å²) in [6.45, 7) is 6.43. The van der Waals surface area contributed by atoms with Crippen molar-refractivity contribution in [2.75, 3.05) is 0 Å². The molecule has 1 aromatic carbocycles. The van der Waals surface area contributed by atoms with Gasteiger partial charge in [0.1, 0.15) is 0 Å². The first-order valence-electron chi connectivity index (χ1n) is 5.74. The average Bonchev–Trinajstić information content (AvgIpc) is 2.31. The van der Waals surface area contributed by atoms with Crippen molar-refractivity contribution in [1.29, 1.82) is 0 Å². The zero-order valence-corrected chi connectivity index (χ0v) is 9.96. The van der Waals surface area contributed by atoms with E-state index in [1.807, 2.05) is 0 Å². The molecule has 0 aliphatic rings. The Hall–Kier alpha value is -1.30. The third-order valence-corrected chi connectivity index (χ3v) is 2.54. The van der Waals surface area contributed by atoms with Gasteiger partial charge in [0.05, 0.1) is 0 Å². The van der Waals surface area contributed by atoms with Gasteiger partial charge in [0.25, 0.3) is 0 Å². The van der Waals surface area contributed by atoms with Crippen molar-refractivity contribution in [3.05, 3.63) is 53.6 Å². The highest BCUT2D eigenvalue weighted by Crippen LogP contribution is 2.17. The molecule has 0 aliphatic carbocycles. The minimum Gasteiger partial charge on any atom is -0.0842 e. The summed E-state index contributed by atoms with van der Waals surface area (Å²) in [5, 5.41) is 0. The van der Waals surface area contributed by atoms with E-state index in [1.165, 1.54) is 16.7 Å². The van der Waals surface area contributed by atoms with E-state index in [2.05, 4.69) is 63.3 Å². The van der Waals surface area contributed by atoms with Crippen molar-refractivity contribution in [3.63, 3.8) is 0 Å². The van der Waals surface area contributed by atoms with Gasteiger partial charge in [0, 0.05) is 0 Å². The van der Waals surface area contributed by atoms with Gasteiger partial charge >= 0.3 is 0 Å². The van der Waals surface area contributed by atoms with Crippen LogP contribution in [-0.4, -0.2) is 0 Å². The van der Waals surface area contributed by atoms with Crippen LogP contribution >= 0.6 is 0 Å². The molecule has 0 heterocycles. The average molecular weight is 200 g/mol. The largest absolute Gasteiger partial charge is 0.0842 e. The van der Waals surface area contributed by atoms with Crippen molar-refractivity contribution < 1.29 is 0 Å². The Morgan fingerprint density at radius 1 is 1.13 bits per heavy atom. The zero-order chi connectivity index (χ0) is 11.1. The second kappa shape index (κ2) is 6.23. The molecular weight excluding hydrogens is 180 g/mol. The number of hydrogen-bond acceptors (Lipinski definition) is 0. The molecule has 15 heavy (non-hydrogen) atoms. The van der Waals surface area contributed by atoms with Crippen LogP contribution in [-0.2, 0) is 6.42 Å². The van der Waals surface area contributed by atoms with Crippen LogP contribution in [0, 0.1) is 0 Å². The van der Waals surface area contributed by atoms with Crippen molar-refractivity contribution >= 4 is 5.57 Å². The molecule has 0 bridgehead atoms. The first-order valence-corrected chi connectivity index (χ1v) is 5.74. The second-order valence-corrected chi connectivity index (χ2v) is 3.61. The number of rotatable bonds is 4. The summed E-state index contributed by atoms with van der Waals surface area (Å²) >= 11 is 0. The molecule has 1 rings (SSSR count). The fourth-order valence-electron chi connectivity index (χ4n) is 1.54. The zero-order valence-electron chi connectivity index (χ0n) is 9.96. The summed E-state index contributed by atoms with van der Waals surface area (Å²) < 4.78 is 0. The lowest BCUT2D eigenvalue weighted by molar-refractivity contribution is 1.14. The Morgan fingerprint density at radius 3 is 2.27 bits per heavy atom. The molecule has 0 saturated heterocycles. The van der Waals surface area contributed by atoms with E-state index in [0.717, 1.165) is 12.8 Å². The van der Waals surface area contributed by atoms with E-state index in [0.29, 0.717) is 0 Å². The molecule has 0 unspecified atom stereocenters. The minimum absolute atomic E-state index is 1.09. The van der Waals surface area contributed by atoms with Gasteiger partial charge in [-0.25, -0.2) is 0 Å². The predicted octanol–water partition coefficient (Wildman–Crippen LogP) is 4.62. The molecule has 0 atom stereocenters. The van der Waals surface area contributed by atoms with Crippen LogP contribution < -0.4 is 0 Å². The maximum absolute atomic E-state index is 2.21. The normalized spacial score (nSPS) is 12.3. The standard InChI is InChI=1S/C15H20/c1-4-7-8-14(6-3)15-11-9-13(5-2)10-12-15/h6-12H,4-5H2,1-3H3/b8-7-,14-6+. The molecule has 0 amide bonds. The van der Waals surface area contributed by atoms with Crippen LogP contribution in [0.4, 0.5) is 0 Å². The molecule has 0 nitrogen and oxygen atoms in total. The lowest BCUT2D eigenvalue weighted by Gasteiger charge is -2.03. The van der Waals surface area contributed by atoms with Gasteiger partial charge in [-0.1, -0.05) is 56.3 Å². The van der Waals surface area contributed by atoms with Crippen LogP contribution in [0.5, 0.6) is 0 Å². The molecular formula is C15H20. The highest BCUT2D eigenvalue weighted by atomic mass is 14.0. The Bertz CT molecular complexity index is 339. The van der Waals surface area contributed by atoms with Crippen LogP contribution in [0.3, 0.4) is 0 Å². The first-order chi connectivity index (χ1) is 7.31. The molecule has 0 aromatic heterocycles. The van der Waals surface area contributed by atoms with E-state index in [1.54, 1.807) is 0 Å². The molecule has 0 spiro atoms. The molecule has 0 aliphatic heterocycles. The Kier molecular flexibility index (Phi) is 4.89. The predicted molar refractivity (Wildman–Crippen MR) is 68.9 cm³/mol. The van der Waals surface area contributed by atoms with E-state index in [9.17, 15) is 0 Å². The van der Waals surface area contributed by atoms with Crippen molar-refractivity contribution in [2.45, 2.75) is 33.6 Å². The topological polar surface area (TPSA) is 0 Å². The molecule has 0 heteroatoms. The number of aryl methyl sites for hydroxylation is 1. The maximum atomic E-state index is 2.21. The van der Waals surface area contributed by atoms with Crippen molar-refractivity contribution in [3.8, 4) is 0 Å². The van der Waals surface area contributed by atoms with Gasteiger partial charge in [-0.05, 0) is 36.5 Å². The summed E-state index contributed by atoms with van der Waals surface area (Å²) in [5.74, 6) is 0. The van der Waals surface area contributed by atoms with E-state index >= 15 is 0 Å². The SMILES string of the molecule is C/C=C(\C=C/CC)c1ccc(CC)cc1. The second-order valence-electron chi connectivity index (χ2n) is 3.61. The van der Waals surface area contributed by atoms with Crippen molar-refractivity contribution in [1.82, 2.24) is 0 Å². The molecule has 0 radical (unpaired) electrons. The van der Waals surface area contributed by atoms with E-state index < -0.39 is 0 Å². The Balaban J connectivity index is 2.89. The maximum Gasteiger partial charge on any atom is -0.0187 e. The number of hydrogen-bond donors (Lipinski definition) is 0. The fourth-order valence-corrected chi connectivity index (χ4v) is 1.54. The van der Waals surface area contributed by atoms with Gasteiger partial charge in [-0.15, -0.1) is 0 Å². The Labute approximate surface area is 93.3 Å². The quantitative estimate of drug-likeness (QED) is 0.622. The Morgan fingerprint density at radius 2 is 1.80 bits per heavy atom. The molecule has 0 fully saturated rings. The fraction of sp³-hybridized carbons (Fsp3) is 0.333. The molecule has 80 valence electrons. The van der Waals surface area contributed by atoms with E-state index in [4.69, 9.17) is 0 Å². The summed E-state index contributed by atoms with van der Waals surface area (Å²) in [7, 11) is 0. The van der Waals surface area contributed by atoms with Crippen molar-refractivity contribution in [2.24, 2.45) is 0 Å². The summed E-state index contributed by atoms with van der Waals surface area (Å²) in [6, 6.07) is 8.82. The highest BCUT2D eigenvalue weighted by Gasteiger charge is 1.96. The monoisotopic (exact) mass is 200 g/mol. The smallest absolute Gasteiger partial charge is 0.0187 e. The third kappa shape index (κ3) is 3.39. The van der Waals surface area contributed by atoms with Gasteiger partial charge in [0.2, 0.25) is 0 Å². The van der Waals surface area contributed by atoms with Gasteiger partial charge in [-0.3, -0.25) is 0 Å². The molecule has 0 N–H and O–H groups in total. The summed E-state index contributed by atoms with van der Waals surface area (Å²) in [6.07, 6.45) is 8.75. The van der Waals surface area contributed by atoms with Crippen LogP contribution in [0.2, 0.25) is 0 Å². The van der Waals surface area contributed by atoms with Crippen LogP contribution in [0.1, 0.15) is 38.3 Å². The number of benzene rings is 1. The highest BCUT2D eigenvalue weighted by molar-refractivity contribution is 5.73. The van der Waals surface area contributed by atoms with Gasteiger partial charge in [0.15, 0.2) is 0 Å². The van der Waals surface area contributed by atoms with Crippen LogP contribution in [0.25, 0.3) is 5.57 Å². The van der Waals surface area contributed by atoms with Gasteiger partial charge in [-0.2, -0.15) is 0 Å². The number of allylic oxidation sites excluding steroid dienone is 4. The summed E-state index contributed by atoms with van der Waals surface area (Å²) in [4.78, 5) is 0. The lowest BCUT2D eigenvalue weighted by atomic mass is 10.0. The summed E-state index contributed by atoms with van der Waals surface area (Å²) in [5.41, 5.74) is 4.01. The van der Waals surface area contributed by atoms with Gasteiger partial charge < -0.3 is 0 Å². The van der Waals surface area contributed by atoms with E-state index in [-0.39, 0.29) is 0 Å². The lowest BCUT2D eigenvalue weighted by Crippen LogP contribution is -1.83. The third-order valence-electron chi connectivity index (χ3n) is 2.54. The first kappa shape index (κ1) is 11.8. The minimum atomic E-state index is 1.09. The molecule has 1 aromatic rings. The van der Waals surface area contributed by atoms with Crippen LogP contribution in [0.15, 0.2) is 42.5 Å².